The first kappa shape index (κ1) is 19.9. The zero-order valence-corrected chi connectivity index (χ0v) is 18.3. The minimum absolute atomic E-state index is 0.0351. The molecule has 1 aliphatic heterocycles. The van der Waals surface area contributed by atoms with E-state index < -0.39 is 5.72 Å². The summed E-state index contributed by atoms with van der Waals surface area (Å²) in [6, 6.07) is 5.26. The minimum atomic E-state index is -0.754. The Hall–Kier alpha value is -3.03. The summed E-state index contributed by atoms with van der Waals surface area (Å²) in [6.45, 7) is 3.86. The fraction of sp³-hybridized carbons (Fsp3) is 0.522. The molecule has 3 aliphatic carbocycles. The number of fused-ring (bicyclic) bond motifs is 3. The smallest absolute Gasteiger partial charge is 0.258 e. The SMILES string of the molecule is COc1ccc2c(c1)O[C@@]1(C[C@H]3CC[C@H]1C[C@@H]3C(=O)Nc1c(C)nn(C)c1C)NC2=O. The van der Waals surface area contributed by atoms with E-state index in [2.05, 4.69) is 15.7 Å². The van der Waals surface area contributed by atoms with Crippen LogP contribution in [0.25, 0.3) is 0 Å². The van der Waals surface area contributed by atoms with Crippen LogP contribution >= 0.6 is 0 Å². The summed E-state index contributed by atoms with van der Waals surface area (Å²) in [5.74, 6) is 1.24. The molecule has 6 rings (SSSR count). The largest absolute Gasteiger partial charge is 0.497 e. The molecule has 1 spiro atoms. The third kappa shape index (κ3) is 3.07. The van der Waals surface area contributed by atoms with Crippen LogP contribution in [0.5, 0.6) is 11.5 Å². The Kier molecular flexibility index (Phi) is 4.50. The van der Waals surface area contributed by atoms with Crippen molar-refractivity contribution in [1.82, 2.24) is 15.1 Å². The number of nitrogens with zero attached hydrogens (tertiary/aromatic N) is 2. The van der Waals surface area contributed by atoms with E-state index in [-0.39, 0.29) is 29.6 Å². The summed E-state index contributed by atoms with van der Waals surface area (Å²) in [5, 5.41) is 10.7. The Morgan fingerprint density at radius 2 is 2.16 bits per heavy atom. The topological polar surface area (TPSA) is 94.5 Å². The first-order valence-corrected chi connectivity index (χ1v) is 10.8. The normalized spacial score (nSPS) is 28.6. The van der Waals surface area contributed by atoms with E-state index in [0.29, 0.717) is 29.9 Å². The zero-order chi connectivity index (χ0) is 21.9. The molecular weight excluding hydrogens is 396 g/mol. The van der Waals surface area contributed by atoms with E-state index in [1.807, 2.05) is 20.9 Å². The zero-order valence-electron chi connectivity index (χ0n) is 18.3. The Labute approximate surface area is 181 Å². The fourth-order valence-electron chi connectivity index (χ4n) is 5.61. The molecular formula is C23H28N4O4. The van der Waals surface area contributed by atoms with Crippen LogP contribution in [0.2, 0.25) is 0 Å². The second-order valence-electron chi connectivity index (χ2n) is 9.05. The quantitative estimate of drug-likeness (QED) is 0.790. The van der Waals surface area contributed by atoms with Crippen molar-refractivity contribution in [2.75, 3.05) is 12.4 Å². The second kappa shape index (κ2) is 7.00. The average Bonchev–Trinajstić information content (AvgIpc) is 2.99. The Morgan fingerprint density at radius 3 is 2.81 bits per heavy atom. The van der Waals surface area contributed by atoms with Crippen molar-refractivity contribution in [3.05, 3.63) is 35.2 Å². The van der Waals surface area contributed by atoms with Crippen molar-refractivity contribution in [2.45, 2.75) is 45.3 Å². The summed E-state index contributed by atoms with van der Waals surface area (Å²) in [6.07, 6.45) is 3.20. The number of benzene rings is 1. The molecule has 3 saturated carbocycles. The Bertz CT molecular complexity index is 1080. The number of amides is 2. The second-order valence-corrected chi connectivity index (χ2v) is 9.05. The predicted octanol–water partition coefficient (Wildman–Crippen LogP) is 2.94. The van der Waals surface area contributed by atoms with Gasteiger partial charge in [-0.1, -0.05) is 0 Å². The summed E-state index contributed by atoms with van der Waals surface area (Å²) in [5.41, 5.74) is 2.32. The number of aromatic nitrogens is 2. The van der Waals surface area contributed by atoms with E-state index in [4.69, 9.17) is 9.47 Å². The van der Waals surface area contributed by atoms with Crippen molar-refractivity contribution >= 4 is 17.5 Å². The van der Waals surface area contributed by atoms with Crippen LogP contribution in [0.4, 0.5) is 5.69 Å². The molecule has 4 atom stereocenters. The van der Waals surface area contributed by atoms with E-state index >= 15 is 0 Å². The molecule has 164 valence electrons. The van der Waals surface area contributed by atoms with Crippen LogP contribution in [0.1, 0.15) is 47.4 Å². The van der Waals surface area contributed by atoms with Gasteiger partial charge in [0.05, 0.1) is 29.7 Å². The number of carbonyl (C=O) groups is 2. The molecule has 8 nitrogen and oxygen atoms in total. The highest BCUT2D eigenvalue weighted by Crippen LogP contribution is 2.53. The van der Waals surface area contributed by atoms with Gasteiger partial charge in [-0.15, -0.1) is 0 Å². The fourth-order valence-corrected chi connectivity index (χ4v) is 5.61. The van der Waals surface area contributed by atoms with Crippen LogP contribution in [0, 0.1) is 31.6 Å². The van der Waals surface area contributed by atoms with Crippen molar-refractivity contribution in [2.24, 2.45) is 24.8 Å². The van der Waals surface area contributed by atoms with Crippen molar-refractivity contribution in [3.8, 4) is 11.5 Å². The molecule has 2 bridgehead atoms. The molecule has 3 fully saturated rings. The Morgan fingerprint density at radius 1 is 1.35 bits per heavy atom. The number of anilines is 1. The minimum Gasteiger partial charge on any atom is -0.497 e. The van der Waals surface area contributed by atoms with Crippen LogP contribution < -0.4 is 20.1 Å². The van der Waals surface area contributed by atoms with Gasteiger partial charge < -0.3 is 20.1 Å². The molecule has 1 aromatic carbocycles. The van der Waals surface area contributed by atoms with E-state index in [1.54, 1.807) is 30.0 Å². The average molecular weight is 425 g/mol. The number of hydrogen-bond acceptors (Lipinski definition) is 5. The number of ether oxygens (including phenoxy) is 2. The molecule has 1 aromatic heterocycles. The van der Waals surface area contributed by atoms with Crippen LogP contribution in [0.3, 0.4) is 0 Å². The lowest BCUT2D eigenvalue weighted by Crippen LogP contribution is -2.66. The van der Waals surface area contributed by atoms with Crippen LogP contribution in [0.15, 0.2) is 18.2 Å². The molecule has 2 N–H and O–H groups in total. The van der Waals surface area contributed by atoms with E-state index in [0.717, 1.165) is 29.9 Å². The summed E-state index contributed by atoms with van der Waals surface area (Å²) in [7, 11) is 3.47. The highest BCUT2D eigenvalue weighted by molar-refractivity contribution is 5.99. The van der Waals surface area contributed by atoms with Gasteiger partial charge in [0, 0.05) is 31.4 Å². The third-order valence-corrected chi connectivity index (χ3v) is 7.36. The van der Waals surface area contributed by atoms with Gasteiger partial charge in [-0.25, -0.2) is 0 Å². The van der Waals surface area contributed by atoms with Crippen molar-refractivity contribution in [3.63, 3.8) is 0 Å². The van der Waals surface area contributed by atoms with Gasteiger partial charge in [0.15, 0.2) is 5.72 Å². The summed E-state index contributed by atoms with van der Waals surface area (Å²) in [4.78, 5) is 26.0. The molecule has 0 unspecified atom stereocenters. The molecule has 2 aromatic rings. The van der Waals surface area contributed by atoms with Gasteiger partial charge >= 0.3 is 0 Å². The maximum Gasteiger partial charge on any atom is 0.258 e. The molecule has 8 heteroatoms. The predicted molar refractivity (Wildman–Crippen MR) is 114 cm³/mol. The lowest BCUT2D eigenvalue weighted by Gasteiger charge is -2.55. The lowest BCUT2D eigenvalue weighted by molar-refractivity contribution is -0.142. The van der Waals surface area contributed by atoms with Gasteiger partial charge in [-0.05, 0) is 51.2 Å². The molecule has 31 heavy (non-hydrogen) atoms. The molecule has 0 saturated heterocycles. The summed E-state index contributed by atoms with van der Waals surface area (Å²) < 4.78 is 13.5. The number of methoxy groups -OCH3 is 1. The number of hydrogen-bond donors (Lipinski definition) is 2. The van der Waals surface area contributed by atoms with E-state index in [1.165, 1.54) is 0 Å². The number of nitrogens with one attached hydrogen (secondary N) is 2. The molecule has 4 aliphatic rings. The first-order valence-electron chi connectivity index (χ1n) is 10.8. The number of rotatable bonds is 3. The van der Waals surface area contributed by atoms with Gasteiger partial charge in [-0.2, -0.15) is 5.10 Å². The highest BCUT2D eigenvalue weighted by atomic mass is 16.5. The highest BCUT2D eigenvalue weighted by Gasteiger charge is 2.57. The van der Waals surface area contributed by atoms with Crippen LogP contribution in [-0.2, 0) is 11.8 Å². The van der Waals surface area contributed by atoms with Crippen molar-refractivity contribution < 1.29 is 19.1 Å². The number of aryl methyl sites for hydroxylation is 2. The molecule has 0 radical (unpaired) electrons. The van der Waals surface area contributed by atoms with Gasteiger partial charge in [-0.3, -0.25) is 14.3 Å². The first-order chi connectivity index (χ1) is 14.8. The third-order valence-electron chi connectivity index (χ3n) is 7.36. The van der Waals surface area contributed by atoms with Gasteiger partial charge in [0.2, 0.25) is 5.91 Å². The van der Waals surface area contributed by atoms with Gasteiger partial charge in [0.25, 0.3) is 5.91 Å². The lowest BCUT2D eigenvalue weighted by atomic mass is 9.60. The number of carbonyl (C=O) groups excluding carboxylic acids is 2. The van der Waals surface area contributed by atoms with Crippen molar-refractivity contribution in [1.29, 1.82) is 0 Å². The maximum absolute atomic E-state index is 13.2. The monoisotopic (exact) mass is 424 g/mol. The molecule has 2 heterocycles. The standard InChI is InChI=1S/C23H28N4O4/c1-12-20(13(2)27(3)26-12)24-21(28)18-9-15-6-5-14(18)11-23(15)25-22(29)17-8-7-16(30-4)10-19(17)31-23/h7-8,10,14-15,18H,5-6,9,11H2,1-4H3,(H,24,28)(H,25,29)/t14-,15+,18+,23-/m1/s1. The summed E-state index contributed by atoms with van der Waals surface area (Å²) >= 11 is 0. The molecule has 2 amide bonds. The van der Waals surface area contributed by atoms with Gasteiger partial charge in [0.1, 0.15) is 11.5 Å². The Balaban J connectivity index is 1.37. The maximum atomic E-state index is 13.2. The van der Waals surface area contributed by atoms with E-state index in [9.17, 15) is 9.59 Å². The van der Waals surface area contributed by atoms with Crippen LogP contribution in [-0.4, -0.2) is 34.4 Å².